The molecule has 4 aromatic rings. The lowest BCUT2D eigenvalue weighted by Crippen LogP contribution is -2.18. The number of hydrogen-bond acceptors (Lipinski definition) is 5. The number of aromatic nitrogens is 1. The third kappa shape index (κ3) is 4.48. The van der Waals surface area contributed by atoms with Crippen molar-refractivity contribution < 1.29 is 9.72 Å². The molecule has 32 heavy (non-hydrogen) atoms. The Hall–Kier alpha value is -4.10. The summed E-state index contributed by atoms with van der Waals surface area (Å²) in [4.78, 5) is 28.1. The molecule has 4 rings (SSSR count). The molecule has 3 aromatic carbocycles. The fourth-order valence-electron chi connectivity index (χ4n) is 3.21. The van der Waals surface area contributed by atoms with Gasteiger partial charge in [-0.2, -0.15) is 5.10 Å². The molecule has 0 spiro atoms. The molecule has 0 saturated heterocycles. The fourth-order valence-corrected chi connectivity index (χ4v) is 3.40. The van der Waals surface area contributed by atoms with Crippen molar-refractivity contribution in [3.05, 3.63) is 105 Å². The van der Waals surface area contributed by atoms with Crippen molar-refractivity contribution in [2.75, 3.05) is 0 Å². The monoisotopic (exact) mass is 444 g/mol. The Morgan fingerprint density at radius 1 is 1.09 bits per heavy atom. The van der Waals surface area contributed by atoms with Gasteiger partial charge in [-0.25, -0.2) is 10.4 Å². The summed E-state index contributed by atoms with van der Waals surface area (Å²) in [7, 11) is 0. The van der Waals surface area contributed by atoms with E-state index in [0.717, 1.165) is 11.1 Å². The Morgan fingerprint density at radius 3 is 2.59 bits per heavy atom. The van der Waals surface area contributed by atoms with Crippen LogP contribution in [0.15, 0.2) is 77.9 Å². The molecule has 1 aromatic heterocycles. The minimum absolute atomic E-state index is 0.0306. The van der Waals surface area contributed by atoms with Crippen LogP contribution in [0.3, 0.4) is 0 Å². The highest BCUT2D eigenvalue weighted by atomic mass is 35.5. The summed E-state index contributed by atoms with van der Waals surface area (Å²) in [5.74, 6) is -0.420. The first-order valence-electron chi connectivity index (χ1n) is 9.66. The third-order valence-electron chi connectivity index (χ3n) is 4.85. The Labute approximate surface area is 188 Å². The van der Waals surface area contributed by atoms with E-state index in [-0.39, 0.29) is 10.7 Å². The first-order valence-corrected chi connectivity index (χ1v) is 10.0. The lowest BCUT2D eigenvalue weighted by molar-refractivity contribution is -0.384. The lowest BCUT2D eigenvalue weighted by Gasteiger charge is -2.09. The number of halogens is 1. The fraction of sp³-hybridized carbons (Fsp3) is 0.0417. The van der Waals surface area contributed by atoms with Crippen LogP contribution in [-0.2, 0) is 0 Å². The molecule has 0 saturated carbocycles. The average Bonchev–Trinajstić information content (AvgIpc) is 2.79. The first kappa shape index (κ1) is 21.1. The molecule has 0 aliphatic carbocycles. The molecule has 1 heterocycles. The molecule has 0 unspecified atom stereocenters. The molecule has 0 atom stereocenters. The molecule has 0 radical (unpaired) electrons. The van der Waals surface area contributed by atoms with Crippen molar-refractivity contribution in [3.8, 4) is 11.3 Å². The van der Waals surface area contributed by atoms with Gasteiger partial charge in [-0.3, -0.25) is 14.9 Å². The maximum atomic E-state index is 12.9. The third-order valence-corrected chi connectivity index (χ3v) is 5.17. The molecule has 7 nitrogen and oxygen atoms in total. The Kier molecular flexibility index (Phi) is 5.91. The van der Waals surface area contributed by atoms with Crippen LogP contribution in [0.4, 0.5) is 5.69 Å². The number of fused-ring (bicyclic) bond motifs is 1. The number of carbonyl (C=O) groups is 1. The predicted molar refractivity (Wildman–Crippen MR) is 125 cm³/mol. The van der Waals surface area contributed by atoms with Gasteiger partial charge in [0.05, 0.1) is 27.9 Å². The highest BCUT2D eigenvalue weighted by Crippen LogP contribution is 2.26. The van der Waals surface area contributed by atoms with Gasteiger partial charge < -0.3 is 0 Å². The molecule has 0 aliphatic heterocycles. The SMILES string of the molecule is Cc1ccc(-c2cc(C(=O)N/N=C/c3ccc(Cl)c([N+](=O)[O-])c3)c3ccccc3n2)cc1. The maximum Gasteiger partial charge on any atom is 0.288 e. The number of nitro benzene ring substituents is 1. The normalized spacial score (nSPS) is 11.1. The summed E-state index contributed by atoms with van der Waals surface area (Å²) < 4.78 is 0. The van der Waals surface area contributed by atoms with E-state index in [9.17, 15) is 14.9 Å². The van der Waals surface area contributed by atoms with Crippen LogP contribution in [-0.4, -0.2) is 22.0 Å². The largest absolute Gasteiger partial charge is 0.288 e. The van der Waals surface area contributed by atoms with Gasteiger partial charge in [-0.15, -0.1) is 0 Å². The van der Waals surface area contributed by atoms with Crippen LogP contribution >= 0.6 is 11.6 Å². The molecule has 0 fully saturated rings. The second-order valence-electron chi connectivity index (χ2n) is 7.11. The van der Waals surface area contributed by atoms with Gasteiger partial charge in [0.2, 0.25) is 0 Å². The summed E-state index contributed by atoms with van der Waals surface area (Å²) in [6.07, 6.45) is 1.32. The van der Waals surface area contributed by atoms with Gasteiger partial charge in [0.25, 0.3) is 11.6 Å². The average molecular weight is 445 g/mol. The van der Waals surface area contributed by atoms with Crippen LogP contribution in [0.1, 0.15) is 21.5 Å². The number of rotatable bonds is 5. The van der Waals surface area contributed by atoms with Crippen LogP contribution in [0, 0.1) is 17.0 Å². The summed E-state index contributed by atoms with van der Waals surface area (Å²) in [6.45, 7) is 2.00. The van der Waals surface area contributed by atoms with Gasteiger partial charge in [-0.05, 0) is 25.1 Å². The van der Waals surface area contributed by atoms with Gasteiger partial charge >= 0.3 is 0 Å². The van der Waals surface area contributed by atoms with Crippen molar-refractivity contribution in [1.82, 2.24) is 10.4 Å². The number of nitrogens with zero attached hydrogens (tertiary/aromatic N) is 3. The van der Waals surface area contributed by atoms with Crippen LogP contribution in [0.2, 0.25) is 5.02 Å². The van der Waals surface area contributed by atoms with E-state index in [0.29, 0.717) is 27.7 Å². The van der Waals surface area contributed by atoms with Crippen molar-refractivity contribution in [2.45, 2.75) is 6.92 Å². The quantitative estimate of drug-likeness (QED) is 0.248. The number of carbonyl (C=O) groups excluding carboxylic acids is 1. The zero-order chi connectivity index (χ0) is 22.7. The number of para-hydroxylation sites is 1. The number of nitro groups is 1. The van der Waals surface area contributed by atoms with E-state index in [2.05, 4.69) is 15.5 Å². The maximum absolute atomic E-state index is 12.9. The van der Waals surface area contributed by atoms with Crippen LogP contribution < -0.4 is 5.43 Å². The minimum Gasteiger partial charge on any atom is -0.267 e. The number of benzene rings is 3. The van der Waals surface area contributed by atoms with E-state index in [1.807, 2.05) is 55.5 Å². The van der Waals surface area contributed by atoms with Crippen molar-refractivity contribution in [1.29, 1.82) is 0 Å². The van der Waals surface area contributed by atoms with Crippen LogP contribution in [0.5, 0.6) is 0 Å². The molecule has 0 aliphatic rings. The highest BCUT2D eigenvalue weighted by Gasteiger charge is 2.14. The van der Waals surface area contributed by atoms with E-state index < -0.39 is 10.8 Å². The molecule has 8 heteroatoms. The second kappa shape index (κ2) is 8.95. The second-order valence-corrected chi connectivity index (χ2v) is 7.51. The first-order chi connectivity index (χ1) is 15.4. The summed E-state index contributed by atoms with van der Waals surface area (Å²) in [5, 5.41) is 15.7. The molecular weight excluding hydrogens is 428 g/mol. The van der Waals surface area contributed by atoms with Gasteiger partial charge in [0, 0.05) is 22.6 Å². The van der Waals surface area contributed by atoms with Crippen LogP contribution in [0.25, 0.3) is 22.2 Å². The summed E-state index contributed by atoms with van der Waals surface area (Å²) in [6, 6.07) is 21.3. The van der Waals surface area contributed by atoms with Gasteiger partial charge in [0.1, 0.15) is 5.02 Å². The van der Waals surface area contributed by atoms with E-state index in [1.165, 1.54) is 18.3 Å². The zero-order valence-corrected chi connectivity index (χ0v) is 17.7. The number of amides is 1. The zero-order valence-electron chi connectivity index (χ0n) is 16.9. The van der Waals surface area contributed by atoms with Crippen molar-refractivity contribution >= 4 is 40.3 Å². The number of pyridine rings is 1. The van der Waals surface area contributed by atoms with Crippen molar-refractivity contribution in [3.63, 3.8) is 0 Å². The van der Waals surface area contributed by atoms with E-state index in [4.69, 9.17) is 11.6 Å². The number of nitrogens with one attached hydrogen (secondary N) is 1. The summed E-state index contributed by atoms with van der Waals surface area (Å²) in [5.41, 5.74) is 6.50. The smallest absolute Gasteiger partial charge is 0.267 e. The number of hydrazone groups is 1. The Bertz CT molecular complexity index is 1370. The standard InChI is InChI=1S/C24H17ClN4O3/c1-15-6-9-17(10-7-15)22-13-19(18-4-2-3-5-21(18)27-22)24(30)28-26-14-16-8-11-20(25)23(12-16)29(31)32/h2-14H,1H3,(H,28,30)/b26-14+. The predicted octanol–water partition coefficient (Wildman–Crippen LogP) is 5.54. The molecular formula is C24H17ClN4O3. The molecule has 158 valence electrons. The number of hydrogen-bond donors (Lipinski definition) is 1. The Morgan fingerprint density at radius 2 is 1.84 bits per heavy atom. The Balaban J connectivity index is 1.64. The topological polar surface area (TPSA) is 97.5 Å². The van der Waals surface area contributed by atoms with Gasteiger partial charge in [-0.1, -0.05) is 65.7 Å². The lowest BCUT2D eigenvalue weighted by atomic mass is 10.0. The van der Waals surface area contributed by atoms with Crippen molar-refractivity contribution in [2.24, 2.45) is 5.10 Å². The van der Waals surface area contributed by atoms with E-state index in [1.54, 1.807) is 12.1 Å². The highest BCUT2D eigenvalue weighted by molar-refractivity contribution is 6.32. The molecule has 1 amide bonds. The molecule has 0 bridgehead atoms. The number of aryl methyl sites for hydroxylation is 1. The molecule has 1 N–H and O–H groups in total. The van der Waals surface area contributed by atoms with E-state index >= 15 is 0 Å². The summed E-state index contributed by atoms with van der Waals surface area (Å²) >= 11 is 5.82. The van der Waals surface area contributed by atoms with Gasteiger partial charge in [0.15, 0.2) is 0 Å². The minimum atomic E-state index is -0.575.